The Kier molecular flexibility index (Phi) is 2.20. The van der Waals surface area contributed by atoms with Gasteiger partial charge >= 0.3 is 5.97 Å². The number of hydrogen-bond donors (Lipinski definition) is 2. The molecule has 0 fully saturated rings. The number of aromatic amines is 1. The number of nitrogens with one attached hydrogen (secondary N) is 1. The molecule has 0 amide bonds. The summed E-state index contributed by atoms with van der Waals surface area (Å²) < 4.78 is 22.4. The van der Waals surface area contributed by atoms with Gasteiger partial charge in [-0.25, -0.2) is 18.2 Å². The number of imidazole rings is 1. The van der Waals surface area contributed by atoms with E-state index in [0.717, 1.165) is 6.26 Å². The number of rotatable bonds is 2. The zero-order valence-electron chi connectivity index (χ0n) is 8.26. The first kappa shape index (κ1) is 10.6. The van der Waals surface area contributed by atoms with Gasteiger partial charge in [0.05, 0.1) is 16.6 Å². The minimum absolute atomic E-state index is 0.0798. The summed E-state index contributed by atoms with van der Waals surface area (Å²) in [6, 6.07) is 4.18. The van der Waals surface area contributed by atoms with Crippen molar-refractivity contribution in [1.82, 2.24) is 9.97 Å². The fourth-order valence-corrected chi connectivity index (χ4v) is 1.85. The van der Waals surface area contributed by atoms with Crippen LogP contribution in [0.5, 0.6) is 0 Å². The molecule has 0 bridgehead atoms. The van der Waals surface area contributed by atoms with Gasteiger partial charge in [0.15, 0.2) is 0 Å². The van der Waals surface area contributed by atoms with Gasteiger partial charge in [-0.05, 0) is 18.2 Å². The second-order valence-corrected chi connectivity index (χ2v) is 5.28. The summed E-state index contributed by atoms with van der Waals surface area (Å²) in [5.41, 5.74) is 0.891. The molecule has 0 aliphatic heterocycles. The van der Waals surface area contributed by atoms with E-state index in [9.17, 15) is 13.2 Å². The highest BCUT2D eigenvalue weighted by Gasteiger charge is 2.13. The van der Waals surface area contributed by atoms with Crippen LogP contribution in [0.2, 0.25) is 0 Å². The smallest absolute Gasteiger partial charge is 0.335 e. The van der Waals surface area contributed by atoms with Crippen LogP contribution in [-0.4, -0.2) is 35.7 Å². The van der Waals surface area contributed by atoms with Crippen LogP contribution < -0.4 is 0 Å². The predicted molar refractivity (Wildman–Crippen MR) is 56.2 cm³/mol. The summed E-state index contributed by atoms with van der Waals surface area (Å²) in [4.78, 5) is 17.1. The molecule has 2 N–H and O–H groups in total. The van der Waals surface area contributed by atoms with Gasteiger partial charge in [0.25, 0.3) is 0 Å². The molecule has 0 radical (unpaired) electrons. The number of aromatic nitrogens is 2. The molecular weight excluding hydrogens is 232 g/mol. The molecule has 0 saturated heterocycles. The van der Waals surface area contributed by atoms with Crippen LogP contribution in [0.4, 0.5) is 0 Å². The van der Waals surface area contributed by atoms with Gasteiger partial charge in [-0.3, -0.25) is 0 Å². The molecule has 0 aliphatic rings. The molecule has 1 heterocycles. The number of nitrogens with zero attached hydrogens (tertiary/aromatic N) is 1. The first-order valence-electron chi connectivity index (χ1n) is 4.31. The Morgan fingerprint density at radius 1 is 1.44 bits per heavy atom. The second-order valence-electron chi connectivity index (χ2n) is 3.35. The molecule has 0 spiro atoms. The van der Waals surface area contributed by atoms with Gasteiger partial charge in [-0.1, -0.05) is 0 Å². The van der Waals surface area contributed by atoms with Gasteiger partial charge in [-0.15, -0.1) is 0 Å². The lowest BCUT2D eigenvalue weighted by atomic mass is 10.2. The van der Waals surface area contributed by atoms with Crippen LogP contribution in [0.1, 0.15) is 10.4 Å². The first-order valence-corrected chi connectivity index (χ1v) is 6.20. The number of aromatic carboxylic acids is 1. The van der Waals surface area contributed by atoms with E-state index < -0.39 is 15.8 Å². The SMILES string of the molecule is CS(=O)(=O)c1nc2ccc(C(=O)O)cc2[nH]1. The number of carboxylic acids is 1. The number of hydrogen-bond acceptors (Lipinski definition) is 4. The van der Waals surface area contributed by atoms with Crippen molar-refractivity contribution in [2.75, 3.05) is 6.26 Å². The number of sulfone groups is 1. The Hall–Kier alpha value is -1.89. The van der Waals surface area contributed by atoms with E-state index in [2.05, 4.69) is 9.97 Å². The maximum absolute atomic E-state index is 11.2. The Morgan fingerprint density at radius 3 is 2.69 bits per heavy atom. The molecule has 0 atom stereocenters. The highest BCUT2D eigenvalue weighted by molar-refractivity contribution is 7.90. The minimum Gasteiger partial charge on any atom is -0.478 e. The number of carbonyl (C=O) groups is 1. The van der Waals surface area contributed by atoms with Crippen LogP contribution in [-0.2, 0) is 9.84 Å². The van der Waals surface area contributed by atoms with Crippen molar-refractivity contribution in [3.63, 3.8) is 0 Å². The van der Waals surface area contributed by atoms with Crippen molar-refractivity contribution in [1.29, 1.82) is 0 Å². The summed E-state index contributed by atoms with van der Waals surface area (Å²) in [6.07, 6.45) is 1.03. The number of carboxylic acid groups (broad SMARTS) is 1. The molecule has 0 saturated carbocycles. The third-order valence-electron chi connectivity index (χ3n) is 2.06. The fraction of sp³-hybridized carbons (Fsp3) is 0.111. The summed E-state index contributed by atoms with van der Waals surface area (Å²) in [7, 11) is -3.41. The molecule has 6 nitrogen and oxygen atoms in total. The third kappa shape index (κ3) is 1.76. The number of fused-ring (bicyclic) bond motifs is 1. The first-order chi connectivity index (χ1) is 7.38. The molecule has 7 heteroatoms. The maximum Gasteiger partial charge on any atom is 0.335 e. The third-order valence-corrected chi connectivity index (χ3v) is 2.95. The fourth-order valence-electron chi connectivity index (χ4n) is 1.29. The van der Waals surface area contributed by atoms with Gasteiger partial charge in [0, 0.05) is 6.26 Å². The number of H-pyrrole nitrogens is 1. The second kappa shape index (κ2) is 3.31. The Balaban J connectivity index is 2.68. The molecule has 1 aromatic carbocycles. The normalized spacial score (nSPS) is 11.8. The Bertz CT molecular complexity index is 672. The van der Waals surface area contributed by atoms with Crippen molar-refractivity contribution >= 4 is 26.8 Å². The highest BCUT2D eigenvalue weighted by Crippen LogP contribution is 2.16. The van der Waals surface area contributed by atoms with Gasteiger partial charge in [0.1, 0.15) is 0 Å². The van der Waals surface area contributed by atoms with Crippen LogP contribution in [0.25, 0.3) is 11.0 Å². The molecule has 0 aliphatic carbocycles. The van der Waals surface area contributed by atoms with E-state index in [1.54, 1.807) is 0 Å². The zero-order valence-corrected chi connectivity index (χ0v) is 9.08. The monoisotopic (exact) mass is 240 g/mol. The van der Waals surface area contributed by atoms with Gasteiger partial charge in [-0.2, -0.15) is 0 Å². The Labute approximate surface area is 90.9 Å². The summed E-state index contributed by atoms with van der Waals surface area (Å²) in [5, 5.41) is 8.60. The van der Waals surface area contributed by atoms with Gasteiger partial charge in [0.2, 0.25) is 15.0 Å². The van der Waals surface area contributed by atoms with Crippen LogP contribution >= 0.6 is 0 Å². The van der Waals surface area contributed by atoms with Crippen molar-refractivity contribution in [3.05, 3.63) is 23.8 Å². The van der Waals surface area contributed by atoms with E-state index in [-0.39, 0.29) is 10.7 Å². The largest absolute Gasteiger partial charge is 0.478 e. The summed E-state index contributed by atoms with van der Waals surface area (Å²) >= 11 is 0. The van der Waals surface area contributed by atoms with E-state index in [4.69, 9.17) is 5.11 Å². The van der Waals surface area contributed by atoms with Crippen LogP contribution in [0.3, 0.4) is 0 Å². The average Bonchev–Trinajstić information content (AvgIpc) is 2.58. The predicted octanol–water partition coefficient (Wildman–Crippen LogP) is 0.665. The molecule has 16 heavy (non-hydrogen) atoms. The average molecular weight is 240 g/mol. The molecular formula is C9H8N2O4S. The zero-order chi connectivity index (χ0) is 11.9. The maximum atomic E-state index is 11.2. The molecule has 0 unspecified atom stereocenters. The van der Waals surface area contributed by atoms with Gasteiger partial charge < -0.3 is 10.1 Å². The standard InChI is InChI=1S/C9H8N2O4S/c1-16(14,15)9-10-6-3-2-5(8(12)13)4-7(6)11-9/h2-4H,1H3,(H,10,11)(H,12,13). The lowest BCUT2D eigenvalue weighted by Crippen LogP contribution is -1.98. The summed E-state index contributed by atoms with van der Waals surface area (Å²) in [5.74, 6) is -1.07. The van der Waals surface area contributed by atoms with Crippen molar-refractivity contribution < 1.29 is 18.3 Å². The van der Waals surface area contributed by atoms with E-state index in [1.807, 2.05) is 0 Å². The highest BCUT2D eigenvalue weighted by atomic mass is 32.2. The molecule has 2 aromatic rings. The molecule has 1 aromatic heterocycles. The quantitative estimate of drug-likeness (QED) is 0.803. The topological polar surface area (TPSA) is 100 Å². The lowest BCUT2D eigenvalue weighted by Gasteiger charge is -1.92. The van der Waals surface area contributed by atoms with E-state index in [1.165, 1.54) is 18.2 Å². The van der Waals surface area contributed by atoms with E-state index >= 15 is 0 Å². The molecule has 2 rings (SSSR count). The van der Waals surface area contributed by atoms with Crippen LogP contribution in [0.15, 0.2) is 23.4 Å². The Morgan fingerprint density at radius 2 is 2.12 bits per heavy atom. The van der Waals surface area contributed by atoms with Crippen LogP contribution in [0, 0.1) is 0 Å². The van der Waals surface area contributed by atoms with Crippen molar-refractivity contribution in [2.24, 2.45) is 0 Å². The minimum atomic E-state index is -3.41. The van der Waals surface area contributed by atoms with Crippen molar-refractivity contribution in [2.45, 2.75) is 5.16 Å². The van der Waals surface area contributed by atoms with Crippen molar-refractivity contribution in [3.8, 4) is 0 Å². The lowest BCUT2D eigenvalue weighted by molar-refractivity contribution is 0.0697. The molecule has 84 valence electrons. The summed E-state index contributed by atoms with van der Waals surface area (Å²) in [6.45, 7) is 0. The number of benzene rings is 1. The van der Waals surface area contributed by atoms with E-state index in [0.29, 0.717) is 11.0 Å².